The third kappa shape index (κ3) is 5.61. The lowest BCUT2D eigenvalue weighted by molar-refractivity contribution is -0.121. The van der Waals surface area contributed by atoms with Crippen LogP contribution in [0.25, 0.3) is 11.0 Å². The standard InChI is InChI=1S/C18H25N5O/c1-14(2)7-6-8-15(3)11-12-19-21-18(24)13-23-17-10-5-4-9-16(17)20-22-23/h4-5,7,9-10,12,15H,6,8,11,13H2,1-3H3,(H,21,24)/b19-12-/t15-/m0/s1. The lowest BCUT2D eigenvalue weighted by Gasteiger charge is -2.06. The van der Waals surface area contributed by atoms with Crippen LogP contribution in [0.2, 0.25) is 0 Å². The minimum Gasteiger partial charge on any atom is -0.271 e. The van der Waals surface area contributed by atoms with Crippen molar-refractivity contribution in [2.24, 2.45) is 11.0 Å². The molecule has 1 aromatic carbocycles. The summed E-state index contributed by atoms with van der Waals surface area (Å²) in [5, 5.41) is 12.0. The predicted molar refractivity (Wildman–Crippen MR) is 96.6 cm³/mol. The van der Waals surface area contributed by atoms with E-state index >= 15 is 0 Å². The molecule has 0 radical (unpaired) electrons. The van der Waals surface area contributed by atoms with Gasteiger partial charge in [-0.2, -0.15) is 5.10 Å². The number of amides is 1. The van der Waals surface area contributed by atoms with Crippen molar-refractivity contribution in [1.29, 1.82) is 0 Å². The molecule has 0 saturated carbocycles. The highest BCUT2D eigenvalue weighted by atomic mass is 16.2. The zero-order chi connectivity index (χ0) is 17.4. The van der Waals surface area contributed by atoms with E-state index in [4.69, 9.17) is 0 Å². The van der Waals surface area contributed by atoms with E-state index in [0.717, 1.165) is 30.3 Å². The molecule has 0 aliphatic heterocycles. The van der Waals surface area contributed by atoms with E-state index in [9.17, 15) is 4.79 Å². The molecule has 0 bridgehead atoms. The lowest BCUT2D eigenvalue weighted by Crippen LogP contribution is -2.23. The van der Waals surface area contributed by atoms with E-state index in [1.54, 1.807) is 10.9 Å². The minimum atomic E-state index is -0.209. The van der Waals surface area contributed by atoms with Gasteiger partial charge in [-0.1, -0.05) is 35.9 Å². The van der Waals surface area contributed by atoms with Gasteiger partial charge in [0.15, 0.2) is 0 Å². The molecule has 0 aliphatic carbocycles. The molecule has 0 saturated heterocycles. The van der Waals surface area contributed by atoms with Gasteiger partial charge in [0.1, 0.15) is 12.1 Å². The van der Waals surface area contributed by atoms with Crippen LogP contribution in [0.3, 0.4) is 0 Å². The third-order valence-electron chi connectivity index (χ3n) is 3.71. The number of hydrazone groups is 1. The number of hydrogen-bond donors (Lipinski definition) is 1. The number of nitrogens with zero attached hydrogens (tertiary/aromatic N) is 4. The molecule has 0 aliphatic rings. The molecule has 6 heteroatoms. The average molecular weight is 327 g/mol. The number of fused-ring (bicyclic) bond motifs is 1. The Kier molecular flexibility index (Phi) is 6.66. The molecule has 2 rings (SSSR count). The maximum Gasteiger partial charge on any atom is 0.261 e. The summed E-state index contributed by atoms with van der Waals surface area (Å²) >= 11 is 0. The van der Waals surface area contributed by atoms with Crippen LogP contribution < -0.4 is 5.43 Å². The van der Waals surface area contributed by atoms with Crippen LogP contribution in [0.1, 0.15) is 40.0 Å². The van der Waals surface area contributed by atoms with Gasteiger partial charge in [0.25, 0.3) is 5.91 Å². The van der Waals surface area contributed by atoms with Gasteiger partial charge in [0.05, 0.1) is 5.52 Å². The molecule has 2 aromatic rings. The third-order valence-corrected chi connectivity index (χ3v) is 3.71. The van der Waals surface area contributed by atoms with Crippen molar-refractivity contribution in [2.45, 2.75) is 46.6 Å². The summed E-state index contributed by atoms with van der Waals surface area (Å²) in [5.41, 5.74) is 5.51. The van der Waals surface area contributed by atoms with Gasteiger partial charge >= 0.3 is 0 Å². The van der Waals surface area contributed by atoms with Crippen LogP contribution >= 0.6 is 0 Å². The number of rotatable bonds is 8. The molecule has 1 aromatic heterocycles. The molecule has 0 unspecified atom stereocenters. The Morgan fingerprint density at radius 2 is 2.17 bits per heavy atom. The monoisotopic (exact) mass is 327 g/mol. The maximum absolute atomic E-state index is 11.9. The van der Waals surface area contributed by atoms with Crippen molar-refractivity contribution in [1.82, 2.24) is 20.4 Å². The number of hydrogen-bond acceptors (Lipinski definition) is 4. The Balaban J connectivity index is 1.74. The van der Waals surface area contributed by atoms with Gasteiger partial charge in [0.2, 0.25) is 0 Å². The number of carbonyl (C=O) groups excluding carboxylic acids is 1. The number of carbonyl (C=O) groups is 1. The Bertz CT molecular complexity index is 728. The molecule has 128 valence electrons. The first kappa shape index (κ1) is 17.8. The van der Waals surface area contributed by atoms with Gasteiger partial charge in [-0.05, 0) is 51.2 Å². The highest BCUT2D eigenvalue weighted by Gasteiger charge is 2.07. The first-order chi connectivity index (χ1) is 11.6. The second-order valence-corrected chi connectivity index (χ2v) is 6.28. The number of nitrogens with one attached hydrogen (secondary N) is 1. The van der Waals surface area contributed by atoms with Crippen LogP contribution in [0, 0.1) is 5.92 Å². The Hall–Kier alpha value is -2.50. The smallest absolute Gasteiger partial charge is 0.261 e. The van der Waals surface area contributed by atoms with Gasteiger partial charge in [-0.3, -0.25) is 4.79 Å². The highest BCUT2D eigenvalue weighted by molar-refractivity contribution is 5.80. The van der Waals surface area contributed by atoms with Crippen molar-refractivity contribution in [3.8, 4) is 0 Å². The minimum absolute atomic E-state index is 0.105. The van der Waals surface area contributed by atoms with E-state index in [1.165, 1.54) is 5.57 Å². The summed E-state index contributed by atoms with van der Waals surface area (Å²) in [7, 11) is 0. The molecular formula is C18H25N5O. The zero-order valence-corrected chi connectivity index (χ0v) is 14.6. The summed E-state index contributed by atoms with van der Waals surface area (Å²) in [4.78, 5) is 11.9. The lowest BCUT2D eigenvalue weighted by atomic mass is 10.0. The van der Waals surface area contributed by atoms with E-state index in [-0.39, 0.29) is 12.5 Å². The van der Waals surface area contributed by atoms with E-state index in [1.807, 2.05) is 24.3 Å². The van der Waals surface area contributed by atoms with Crippen molar-refractivity contribution >= 4 is 23.2 Å². The van der Waals surface area contributed by atoms with E-state index < -0.39 is 0 Å². The van der Waals surface area contributed by atoms with Crippen molar-refractivity contribution in [3.05, 3.63) is 35.9 Å². The normalized spacial score (nSPS) is 12.5. The van der Waals surface area contributed by atoms with Crippen LogP contribution in [-0.4, -0.2) is 27.1 Å². The Morgan fingerprint density at radius 1 is 1.38 bits per heavy atom. The van der Waals surface area contributed by atoms with Crippen LogP contribution in [-0.2, 0) is 11.3 Å². The van der Waals surface area contributed by atoms with Gasteiger partial charge in [-0.15, -0.1) is 5.10 Å². The first-order valence-corrected chi connectivity index (χ1v) is 8.28. The number of allylic oxidation sites excluding steroid dienone is 2. The van der Waals surface area contributed by atoms with Crippen LogP contribution in [0.15, 0.2) is 41.0 Å². The second kappa shape index (κ2) is 8.96. The summed E-state index contributed by atoms with van der Waals surface area (Å²) in [5.74, 6) is 0.333. The molecule has 6 nitrogen and oxygen atoms in total. The second-order valence-electron chi connectivity index (χ2n) is 6.28. The van der Waals surface area contributed by atoms with Gasteiger partial charge in [-0.25, -0.2) is 10.1 Å². The van der Waals surface area contributed by atoms with Crippen LogP contribution in [0.5, 0.6) is 0 Å². The topological polar surface area (TPSA) is 72.2 Å². The zero-order valence-electron chi connectivity index (χ0n) is 14.6. The van der Waals surface area contributed by atoms with Crippen molar-refractivity contribution in [2.75, 3.05) is 0 Å². The quantitative estimate of drug-likeness (QED) is 0.459. The summed E-state index contributed by atoms with van der Waals surface area (Å²) < 4.78 is 1.57. The molecular weight excluding hydrogens is 302 g/mol. The van der Waals surface area contributed by atoms with Crippen molar-refractivity contribution in [3.63, 3.8) is 0 Å². The first-order valence-electron chi connectivity index (χ1n) is 8.28. The average Bonchev–Trinajstić information content (AvgIpc) is 2.94. The molecule has 0 fully saturated rings. The Morgan fingerprint density at radius 3 is 2.96 bits per heavy atom. The molecule has 0 spiro atoms. The van der Waals surface area contributed by atoms with Gasteiger partial charge in [0, 0.05) is 6.21 Å². The molecule has 1 atom stereocenters. The number of benzene rings is 1. The number of para-hydroxylation sites is 1. The van der Waals surface area contributed by atoms with Gasteiger partial charge < -0.3 is 0 Å². The fraction of sp³-hybridized carbons (Fsp3) is 0.444. The maximum atomic E-state index is 11.9. The molecule has 24 heavy (non-hydrogen) atoms. The molecule has 1 heterocycles. The fourth-order valence-electron chi connectivity index (χ4n) is 2.33. The summed E-state index contributed by atoms with van der Waals surface area (Å²) in [6.45, 7) is 6.52. The summed E-state index contributed by atoms with van der Waals surface area (Å²) in [6.07, 6.45) is 7.07. The summed E-state index contributed by atoms with van der Waals surface area (Å²) in [6, 6.07) is 7.55. The van der Waals surface area contributed by atoms with Crippen molar-refractivity contribution < 1.29 is 4.79 Å². The van der Waals surface area contributed by atoms with E-state index in [0.29, 0.717) is 5.92 Å². The molecule has 1 amide bonds. The molecule has 1 N–H and O–H groups in total. The Labute approximate surface area is 142 Å². The van der Waals surface area contributed by atoms with Crippen LogP contribution in [0.4, 0.5) is 0 Å². The largest absolute Gasteiger partial charge is 0.271 e. The predicted octanol–water partition coefficient (Wildman–Crippen LogP) is 3.31. The fourth-order valence-corrected chi connectivity index (χ4v) is 2.33. The van der Waals surface area contributed by atoms with E-state index in [2.05, 4.69) is 47.7 Å². The SMILES string of the molecule is CC(C)=CCC[C@H](C)C/C=N\NC(=O)Cn1nnc2ccccc21. The number of aromatic nitrogens is 3. The highest BCUT2D eigenvalue weighted by Crippen LogP contribution is 2.10.